The third-order valence-electron chi connectivity index (χ3n) is 6.38. The summed E-state index contributed by atoms with van der Waals surface area (Å²) in [4.78, 5) is 0.0593. The van der Waals surface area contributed by atoms with Gasteiger partial charge in [0.15, 0.2) is 0 Å². The van der Waals surface area contributed by atoms with Crippen LogP contribution in [-0.4, -0.2) is 38.3 Å². The lowest BCUT2D eigenvalue weighted by molar-refractivity contribution is -0.348. The second-order valence-electron chi connectivity index (χ2n) is 9.33. The summed E-state index contributed by atoms with van der Waals surface area (Å²) in [5.74, 6) is 0. The number of alkyl halides is 3. The molecular weight excluding hydrogens is 475 g/mol. The van der Waals surface area contributed by atoms with Crippen molar-refractivity contribution in [2.75, 3.05) is 13.1 Å². The minimum atomic E-state index is -4.87. The highest BCUT2D eigenvalue weighted by atomic mass is 32.2. The molecule has 1 aliphatic rings. The van der Waals surface area contributed by atoms with E-state index < -0.39 is 27.9 Å². The first-order chi connectivity index (χ1) is 16.5. The van der Waals surface area contributed by atoms with Gasteiger partial charge in [0.2, 0.25) is 10.0 Å². The molecule has 1 saturated heterocycles. The number of benzene rings is 3. The van der Waals surface area contributed by atoms with Crippen molar-refractivity contribution in [3.63, 3.8) is 0 Å². The second kappa shape index (κ2) is 10.1. The maximum absolute atomic E-state index is 13.6. The number of halogens is 3. The minimum absolute atomic E-state index is 0.0593. The zero-order valence-electron chi connectivity index (χ0n) is 19.4. The molecule has 0 aromatic heterocycles. The van der Waals surface area contributed by atoms with Crippen molar-refractivity contribution in [3.8, 4) is 0 Å². The van der Waals surface area contributed by atoms with E-state index in [-0.39, 0.29) is 24.4 Å². The monoisotopic (exact) mass is 503 g/mol. The Bertz CT molecular complexity index is 1170. The molecule has 0 saturated carbocycles. The van der Waals surface area contributed by atoms with E-state index >= 15 is 0 Å². The Labute approximate surface area is 204 Å². The third kappa shape index (κ3) is 6.51. The van der Waals surface area contributed by atoms with Crippen molar-refractivity contribution >= 4 is 10.0 Å². The molecule has 0 aliphatic carbocycles. The average molecular weight is 504 g/mol. The highest BCUT2D eigenvalue weighted by Crippen LogP contribution is 2.41. The van der Waals surface area contributed by atoms with Gasteiger partial charge in [0.05, 0.1) is 11.0 Å². The lowest BCUT2D eigenvalue weighted by atomic mass is 9.71. The van der Waals surface area contributed by atoms with Crippen LogP contribution in [0.3, 0.4) is 0 Å². The molecule has 1 unspecified atom stereocenters. The van der Waals surface area contributed by atoms with E-state index in [2.05, 4.69) is 4.74 Å². The molecule has 4 rings (SSSR count). The summed E-state index contributed by atoms with van der Waals surface area (Å²) in [5, 5.41) is 0. The van der Waals surface area contributed by atoms with Gasteiger partial charge in [0.1, 0.15) is 0 Å². The molecule has 3 aromatic rings. The van der Waals surface area contributed by atoms with Crippen molar-refractivity contribution in [2.24, 2.45) is 5.41 Å². The Morgan fingerprint density at radius 2 is 1.40 bits per heavy atom. The van der Waals surface area contributed by atoms with Crippen LogP contribution < -0.4 is 0 Å². The van der Waals surface area contributed by atoms with Gasteiger partial charge >= 0.3 is 6.36 Å². The molecule has 4 nitrogen and oxygen atoms in total. The molecule has 0 radical (unpaired) electrons. The van der Waals surface area contributed by atoms with Gasteiger partial charge in [-0.05, 0) is 54.9 Å². The number of ether oxygens (including phenoxy) is 1. The summed E-state index contributed by atoms with van der Waals surface area (Å²) >= 11 is 0. The largest absolute Gasteiger partial charge is 0.522 e. The molecule has 0 amide bonds. The van der Waals surface area contributed by atoms with Gasteiger partial charge in [-0.15, -0.1) is 13.2 Å². The maximum atomic E-state index is 13.6. The first-order valence-corrected chi connectivity index (χ1v) is 12.9. The van der Waals surface area contributed by atoms with Gasteiger partial charge in [-0.1, -0.05) is 78.4 Å². The summed E-state index contributed by atoms with van der Waals surface area (Å²) < 4.78 is 72.9. The van der Waals surface area contributed by atoms with Crippen LogP contribution in [0.15, 0.2) is 89.8 Å². The van der Waals surface area contributed by atoms with Gasteiger partial charge in [0.25, 0.3) is 0 Å². The highest BCUT2D eigenvalue weighted by Gasteiger charge is 2.47. The predicted molar refractivity (Wildman–Crippen MR) is 128 cm³/mol. The average Bonchev–Trinajstić information content (AvgIpc) is 2.79. The van der Waals surface area contributed by atoms with Gasteiger partial charge in [-0.3, -0.25) is 4.74 Å². The summed E-state index contributed by atoms with van der Waals surface area (Å²) in [6.07, 6.45) is -5.28. The van der Waals surface area contributed by atoms with Crippen LogP contribution in [0.2, 0.25) is 0 Å². The molecule has 0 bridgehead atoms. The Morgan fingerprint density at radius 1 is 0.886 bits per heavy atom. The first-order valence-electron chi connectivity index (χ1n) is 11.4. The van der Waals surface area contributed by atoms with Gasteiger partial charge < -0.3 is 0 Å². The molecule has 35 heavy (non-hydrogen) atoms. The number of piperidine rings is 1. The lowest BCUT2D eigenvalue weighted by Gasteiger charge is -2.46. The summed E-state index contributed by atoms with van der Waals surface area (Å²) in [6, 6.07) is 25.3. The molecule has 0 spiro atoms. The molecular formula is C27H28F3NO3S. The van der Waals surface area contributed by atoms with Crippen molar-refractivity contribution in [1.29, 1.82) is 0 Å². The molecule has 186 valence electrons. The van der Waals surface area contributed by atoms with E-state index in [4.69, 9.17) is 0 Å². The van der Waals surface area contributed by atoms with Crippen molar-refractivity contribution in [1.82, 2.24) is 4.31 Å². The third-order valence-corrected chi connectivity index (χ3v) is 8.21. The molecule has 1 aliphatic heterocycles. The molecule has 8 heteroatoms. The fraction of sp³-hybridized carbons (Fsp3) is 0.333. The number of hydrogen-bond acceptors (Lipinski definition) is 3. The number of hydrogen-bond donors (Lipinski definition) is 0. The Balaban J connectivity index is 1.76. The Morgan fingerprint density at radius 3 is 1.89 bits per heavy atom. The summed E-state index contributed by atoms with van der Waals surface area (Å²) in [5.41, 5.74) is 1.96. The molecule has 3 aromatic carbocycles. The Kier molecular flexibility index (Phi) is 7.35. The smallest absolute Gasteiger partial charge is 0.287 e. The van der Waals surface area contributed by atoms with Crippen LogP contribution in [0.5, 0.6) is 0 Å². The van der Waals surface area contributed by atoms with Crippen molar-refractivity contribution in [3.05, 3.63) is 102 Å². The normalized spacial score (nSPS) is 18.9. The molecule has 1 heterocycles. The van der Waals surface area contributed by atoms with Crippen LogP contribution in [0, 0.1) is 12.3 Å². The second-order valence-corrected chi connectivity index (χ2v) is 11.3. The summed E-state index contributed by atoms with van der Waals surface area (Å²) in [6.45, 7) is 1.57. The van der Waals surface area contributed by atoms with Crippen LogP contribution in [0.25, 0.3) is 0 Å². The molecule has 1 fully saturated rings. The fourth-order valence-electron chi connectivity index (χ4n) is 4.96. The van der Waals surface area contributed by atoms with Crippen molar-refractivity contribution in [2.45, 2.75) is 43.5 Å². The van der Waals surface area contributed by atoms with Crippen LogP contribution in [0.4, 0.5) is 13.2 Å². The topological polar surface area (TPSA) is 46.6 Å². The van der Waals surface area contributed by atoms with Gasteiger partial charge in [-0.2, -0.15) is 4.31 Å². The molecule has 1 atom stereocenters. The predicted octanol–water partition coefficient (Wildman–Crippen LogP) is 5.77. The zero-order chi connectivity index (χ0) is 25.1. The maximum Gasteiger partial charge on any atom is 0.522 e. The van der Waals surface area contributed by atoms with Crippen LogP contribution >= 0.6 is 0 Å². The molecule has 0 N–H and O–H groups in total. The quantitative estimate of drug-likeness (QED) is 0.412. The Hall–Kier alpha value is -2.68. The van der Waals surface area contributed by atoms with Crippen LogP contribution in [-0.2, 0) is 27.6 Å². The van der Waals surface area contributed by atoms with E-state index in [1.54, 1.807) is 12.1 Å². The number of aryl methyl sites for hydroxylation is 1. The zero-order valence-corrected chi connectivity index (χ0v) is 20.2. The minimum Gasteiger partial charge on any atom is -0.287 e. The fourth-order valence-corrected chi connectivity index (χ4v) is 6.55. The standard InChI is InChI=1S/C27H28F3NO3S/c1-21-12-14-25(15-13-21)35(32,33)31-19-24(34-27(28,29)30)18-26(20-31,16-22-8-4-2-5-9-22)17-23-10-6-3-7-11-23/h2-15,24H,16-20H2,1H3. The highest BCUT2D eigenvalue weighted by molar-refractivity contribution is 7.89. The van der Waals surface area contributed by atoms with E-state index in [1.807, 2.05) is 67.6 Å². The lowest BCUT2D eigenvalue weighted by Crippen LogP contribution is -2.54. The van der Waals surface area contributed by atoms with Gasteiger partial charge in [-0.25, -0.2) is 8.42 Å². The SMILES string of the molecule is Cc1ccc(S(=O)(=O)N2CC(OC(F)(F)F)CC(Cc3ccccc3)(Cc3ccccc3)C2)cc1. The van der Waals surface area contributed by atoms with E-state index in [1.165, 1.54) is 16.4 Å². The number of sulfonamides is 1. The van der Waals surface area contributed by atoms with Gasteiger partial charge in [0, 0.05) is 13.1 Å². The first kappa shape index (κ1) is 25.4. The van der Waals surface area contributed by atoms with E-state index in [9.17, 15) is 21.6 Å². The van der Waals surface area contributed by atoms with Crippen LogP contribution in [0.1, 0.15) is 23.1 Å². The number of rotatable bonds is 7. The van der Waals surface area contributed by atoms with E-state index in [0.717, 1.165) is 16.7 Å². The number of nitrogens with zero attached hydrogens (tertiary/aromatic N) is 1. The van der Waals surface area contributed by atoms with E-state index in [0.29, 0.717) is 12.8 Å². The summed E-state index contributed by atoms with van der Waals surface area (Å²) in [7, 11) is -4.04. The van der Waals surface area contributed by atoms with Crippen molar-refractivity contribution < 1.29 is 26.3 Å².